The second-order valence-electron chi connectivity index (χ2n) is 5.57. The predicted octanol–water partition coefficient (Wildman–Crippen LogP) is 1.55. The first-order chi connectivity index (χ1) is 6.22. The molecule has 0 aromatic heterocycles. The minimum Gasteiger partial charge on any atom is -0.394 e. The molecule has 4 saturated carbocycles. The fraction of sp³-hybridized carbons (Fsp3) is 1.00. The van der Waals surface area contributed by atoms with Crippen LogP contribution < -0.4 is 5.73 Å². The molecule has 0 heterocycles. The molecule has 0 aromatic rings. The van der Waals surface area contributed by atoms with Gasteiger partial charge in [0, 0.05) is 5.54 Å². The van der Waals surface area contributed by atoms with Crippen LogP contribution in [0.3, 0.4) is 0 Å². The fourth-order valence-corrected chi connectivity index (χ4v) is 4.32. The third-order valence-corrected chi connectivity index (χ3v) is 4.93. The highest BCUT2D eigenvalue weighted by molar-refractivity contribution is 5.85. The molecule has 4 bridgehead atoms. The Morgan fingerprint density at radius 2 is 1.43 bits per heavy atom. The standard InChI is InChI=1S/C11H19NO.ClH/c12-11(6-13)9-2-7-1-8(4-9)5-10(11)3-7;/h7-10,13H,1-6,12H2;1H. The molecule has 0 aliphatic heterocycles. The van der Waals surface area contributed by atoms with Crippen LogP contribution in [0.5, 0.6) is 0 Å². The molecule has 0 amide bonds. The van der Waals surface area contributed by atoms with Gasteiger partial charge in [-0.25, -0.2) is 0 Å². The van der Waals surface area contributed by atoms with Crippen molar-refractivity contribution >= 4 is 12.4 Å². The van der Waals surface area contributed by atoms with Gasteiger partial charge in [-0.3, -0.25) is 0 Å². The summed E-state index contributed by atoms with van der Waals surface area (Å²) in [7, 11) is 0. The van der Waals surface area contributed by atoms with Gasteiger partial charge in [-0.2, -0.15) is 0 Å². The van der Waals surface area contributed by atoms with Crippen molar-refractivity contribution < 1.29 is 5.11 Å². The first kappa shape index (κ1) is 10.7. The Bertz CT molecular complexity index is 203. The lowest BCUT2D eigenvalue weighted by atomic mass is 9.49. The molecule has 0 atom stereocenters. The maximum absolute atomic E-state index is 9.43. The monoisotopic (exact) mass is 217 g/mol. The molecule has 82 valence electrons. The molecule has 2 nitrogen and oxygen atoms in total. The van der Waals surface area contributed by atoms with E-state index < -0.39 is 0 Å². The number of halogens is 1. The molecular formula is C11H20ClNO. The van der Waals surface area contributed by atoms with Gasteiger partial charge in [0.1, 0.15) is 0 Å². The average Bonchev–Trinajstić information content (AvgIpc) is 2.13. The Hall–Kier alpha value is 0.210. The smallest absolute Gasteiger partial charge is 0.0616 e. The number of nitrogens with two attached hydrogens (primary N) is 1. The zero-order valence-corrected chi connectivity index (χ0v) is 9.30. The molecule has 3 heteroatoms. The largest absolute Gasteiger partial charge is 0.394 e. The molecule has 4 aliphatic carbocycles. The highest BCUT2D eigenvalue weighted by Gasteiger charge is 2.54. The van der Waals surface area contributed by atoms with Crippen LogP contribution in [0, 0.1) is 23.7 Å². The third kappa shape index (κ3) is 1.24. The average molecular weight is 218 g/mol. The third-order valence-electron chi connectivity index (χ3n) is 4.93. The number of hydrogen-bond donors (Lipinski definition) is 2. The molecule has 4 aliphatic rings. The van der Waals surface area contributed by atoms with E-state index in [0.717, 1.165) is 11.8 Å². The van der Waals surface area contributed by atoms with Crippen LogP contribution in [-0.4, -0.2) is 17.3 Å². The van der Waals surface area contributed by atoms with Crippen LogP contribution in [0.4, 0.5) is 0 Å². The van der Waals surface area contributed by atoms with E-state index in [9.17, 15) is 5.11 Å². The quantitative estimate of drug-likeness (QED) is 0.700. The maximum atomic E-state index is 9.43. The second-order valence-corrected chi connectivity index (χ2v) is 5.57. The summed E-state index contributed by atoms with van der Waals surface area (Å²) in [5.74, 6) is 3.17. The van der Waals surface area contributed by atoms with Gasteiger partial charge >= 0.3 is 0 Å². The first-order valence-corrected chi connectivity index (χ1v) is 5.62. The van der Waals surface area contributed by atoms with Gasteiger partial charge in [-0.15, -0.1) is 12.4 Å². The summed E-state index contributed by atoms with van der Waals surface area (Å²) in [6, 6.07) is 0. The van der Waals surface area contributed by atoms with Crippen molar-refractivity contribution in [2.45, 2.75) is 37.6 Å². The Labute approximate surface area is 91.7 Å². The second kappa shape index (κ2) is 3.36. The lowest BCUT2D eigenvalue weighted by Gasteiger charge is -2.59. The summed E-state index contributed by atoms with van der Waals surface area (Å²) in [5, 5.41) is 9.43. The molecule has 0 radical (unpaired) electrons. The molecule has 4 rings (SSSR count). The molecule has 0 saturated heterocycles. The van der Waals surface area contributed by atoms with Crippen molar-refractivity contribution in [2.75, 3.05) is 6.61 Å². The molecule has 14 heavy (non-hydrogen) atoms. The Balaban J connectivity index is 0.000000750. The fourth-order valence-electron chi connectivity index (χ4n) is 4.32. The Morgan fingerprint density at radius 1 is 1.00 bits per heavy atom. The normalized spacial score (nSPS) is 54.4. The molecule has 0 unspecified atom stereocenters. The van der Waals surface area contributed by atoms with Crippen LogP contribution in [0.25, 0.3) is 0 Å². The molecular weight excluding hydrogens is 198 g/mol. The molecule has 0 spiro atoms. The van der Waals surface area contributed by atoms with Gasteiger partial charge in [0.25, 0.3) is 0 Å². The summed E-state index contributed by atoms with van der Waals surface area (Å²) in [5.41, 5.74) is 6.14. The minimum absolute atomic E-state index is 0. The first-order valence-electron chi connectivity index (χ1n) is 5.62. The van der Waals surface area contributed by atoms with Crippen LogP contribution in [0.1, 0.15) is 32.1 Å². The topological polar surface area (TPSA) is 46.2 Å². The molecule has 0 aromatic carbocycles. The summed E-state index contributed by atoms with van der Waals surface area (Å²) in [4.78, 5) is 0. The molecule has 4 fully saturated rings. The van der Waals surface area contributed by atoms with Crippen molar-refractivity contribution in [2.24, 2.45) is 29.4 Å². The van der Waals surface area contributed by atoms with Crippen molar-refractivity contribution in [1.29, 1.82) is 0 Å². The number of rotatable bonds is 1. The minimum atomic E-state index is -0.201. The van der Waals surface area contributed by atoms with Gasteiger partial charge in [0.05, 0.1) is 6.61 Å². The Kier molecular flexibility index (Phi) is 2.57. The summed E-state index contributed by atoms with van der Waals surface area (Å²) >= 11 is 0. The van der Waals surface area contributed by atoms with Crippen molar-refractivity contribution in [1.82, 2.24) is 0 Å². The van der Waals surface area contributed by atoms with Gasteiger partial charge in [-0.1, -0.05) is 0 Å². The van der Waals surface area contributed by atoms with Crippen LogP contribution in [0.15, 0.2) is 0 Å². The summed E-state index contributed by atoms with van der Waals surface area (Å²) in [6.45, 7) is 0.210. The summed E-state index contributed by atoms with van der Waals surface area (Å²) in [6.07, 6.45) is 6.64. The van der Waals surface area contributed by atoms with Crippen LogP contribution in [0.2, 0.25) is 0 Å². The van der Waals surface area contributed by atoms with E-state index in [0.29, 0.717) is 11.8 Å². The van der Waals surface area contributed by atoms with Gasteiger partial charge in [-0.05, 0) is 55.8 Å². The van der Waals surface area contributed by atoms with Crippen LogP contribution >= 0.6 is 12.4 Å². The number of hydrogen-bond acceptors (Lipinski definition) is 2. The van der Waals surface area contributed by atoms with E-state index in [1.165, 1.54) is 32.1 Å². The Morgan fingerprint density at radius 3 is 1.79 bits per heavy atom. The SMILES string of the molecule is Cl.NC1(CO)C2CC3CC(C2)CC1C3. The predicted molar refractivity (Wildman–Crippen MR) is 58.3 cm³/mol. The van der Waals surface area contributed by atoms with Crippen molar-refractivity contribution in [3.8, 4) is 0 Å². The van der Waals surface area contributed by atoms with E-state index in [1.807, 2.05) is 0 Å². The van der Waals surface area contributed by atoms with E-state index in [-0.39, 0.29) is 24.6 Å². The lowest BCUT2D eigenvalue weighted by Crippen LogP contribution is -2.64. The van der Waals surface area contributed by atoms with Gasteiger partial charge in [0.2, 0.25) is 0 Å². The highest BCUT2D eigenvalue weighted by Crippen LogP contribution is 2.57. The number of aliphatic hydroxyl groups is 1. The van der Waals surface area contributed by atoms with E-state index in [4.69, 9.17) is 5.73 Å². The van der Waals surface area contributed by atoms with E-state index in [2.05, 4.69) is 0 Å². The molecule has 3 N–H and O–H groups in total. The van der Waals surface area contributed by atoms with Gasteiger partial charge in [0.15, 0.2) is 0 Å². The highest BCUT2D eigenvalue weighted by atomic mass is 35.5. The van der Waals surface area contributed by atoms with Crippen molar-refractivity contribution in [3.63, 3.8) is 0 Å². The summed E-state index contributed by atoms with van der Waals surface area (Å²) < 4.78 is 0. The number of aliphatic hydroxyl groups excluding tert-OH is 1. The van der Waals surface area contributed by atoms with E-state index >= 15 is 0 Å². The van der Waals surface area contributed by atoms with E-state index in [1.54, 1.807) is 0 Å². The zero-order chi connectivity index (χ0) is 9.05. The zero-order valence-electron chi connectivity index (χ0n) is 8.48. The van der Waals surface area contributed by atoms with Gasteiger partial charge < -0.3 is 10.8 Å². The van der Waals surface area contributed by atoms with Crippen molar-refractivity contribution in [3.05, 3.63) is 0 Å². The maximum Gasteiger partial charge on any atom is 0.0616 e. The lowest BCUT2D eigenvalue weighted by molar-refractivity contribution is -0.0763. The van der Waals surface area contributed by atoms with Crippen LogP contribution in [-0.2, 0) is 0 Å².